The van der Waals surface area contributed by atoms with E-state index in [0.29, 0.717) is 5.92 Å². The Morgan fingerprint density at radius 1 is 1.42 bits per heavy atom. The topological polar surface area (TPSA) is 49.3 Å². The van der Waals surface area contributed by atoms with Crippen molar-refractivity contribution in [1.82, 2.24) is 5.32 Å². The Morgan fingerprint density at radius 2 is 2.08 bits per heavy atom. The van der Waals surface area contributed by atoms with Crippen LogP contribution in [0, 0.1) is 11.8 Å². The number of hydrogen-bond acceptors (Lipinski definition) is 2. The van der Waals surface area contributed by atoms with Gasteiger partial charge in [-0.05, 0) is 44.1 Å². The summed E-state index contributed by atoms with van der Waals surface area (Å²) in [4.78, 5) is 10.8. The summed E-state index contributed by atoms with van der Waals surface area (Å²) in [5.41, 5.74) is 0. The van der Waals surface area contributed by atoms with Crippen molar-refractivity contribution in [2.24, 2.45) is 11.8 Å². The minimum Gasteiger partial charge on any atom is -0.480 e. The summed E-state index contributed by atoms with van der Waals surface area (Å²) in [6.07, 6.45) is 4.75. The van der Waals surface area contributed by atoms with Crippen molar-refractivity contribution in [2.75, 3.05) is 6.54 Å². The van der Waals surface area contributed by atoms with E-state index in [2.05, 4.69) is 5.32 Å². The lowest BCUT2D eigenvalue weighted by molar-refractivity contribution is -0.140. The SMILES string of the molecule is O=C(O)C(NCC1CC1)C1CC1. The van der Waals surface area contributed by atoms with Crippen LogP contribution in [0.25, 0.3) is 0 Å². The van der Waals surface area contributed by atoms with Gasteiger partial charge in [0.1, 0.15) is 6.04 Å². The van der Waals surface area contributed by atoms with Crippen molar-refractivity contribution >= 4 is 5.97 Å². The predicted octanol–water partition coefficient (Wildman–Crippen LogP) is 0.849. The first-order valence-corrected chi connectivity index (χ1v) is 4.73. The predicted molar refractivity (Wildman–Crippen MR) is 44.9 cm³/mol. The van der Waals surface area contributed by atoms with Gasteiger partial charge in [0.25, 0.3) is 0 Å². The van der Waals surface area contributed by atoms with Gasteiger partial charge in [-0.3, -0.25) is 4.79 Å². The Balaban J connectivity index is 1.75. The molecule has 2 fully saturated rings. The number of carbonyl (C=O) groups is 1. The fourth-order valence-electron chi connectivity index (χ4n) is 1.50. The molecule has 1 atom stereocenters. The summed E-state index contributed by atoms with van der Waals surface area (Å²) < 4.78 is 0. The summed E-state index contributed by atoms with van der Waals surface area (Å²) >= 11 is 0. The van der Waals surface area contributed by atoms with Crippen LogP contribution >= 0.6 is 0 Å². The highest BCUT2D eigenvalue weighted by Gasteiger charge is 2.36. The molecule has 3 nitrogen and oxygen atoms in total. The third kappa shape index (κ3) is 1.97. The molecule has 0 aliphatic heterocycles. The average Bonchev–Trinajstić information content (AvgIpc) is 2.82. The van der Waals surface area contributed by atoms with Crippen LogP contribution < -0.4 is 5.32 Å². The molecule has 2 N–H and O–H groups in total. The van der Waals surface area contributed by atoms with Crippen molar-refractivity contribution in [3.05, 3.63) is 0 Å². The summed E-state index contributed by atoms with van der Waals surface area (Å²) in [5, 5.41) is 12.0. The first kappa shape index (κ1) is 8.05. The van der Waals surface area contributed by atoms with Crippen LogP contribution in [-0.4, -0.2) is 23.7 Å². The van der Waals surface area contributed by atoms with Gasteiger partial charge >= 0.3 is 5.97 Å². The maximum atomic E-state index is 10.8. The zero-order valence-corrected chi connectivity index (χ0v) is 7.12. The van der Waals surface area contributed by atoms with Gasteiger partial charge in [0, 0.05) is 0 Å². The lowest BCUT2D eigenvalue weighted by Crippen LogP contribution is -2.39. The van der Waals surface area contributed by atoms with Crippen LogP contribution in [0.1, 0.15) is 25.7 Å². The molecule has 0 spiro atoms. The highest BCUT2D eigenvalue weighted by Crippen LogP contribution is 2.34. The molecule has 0 bridgehead atoms. The van der Waals surface area contributed by atoms with Gasteiger partial charge in [-0.1, -0.05) is 0 Å². The number of hydrogen-bond donors (Lipinski definition) is 2. The normalized spacial score (nSPS) is 25.3. The number of rotatable bonds is 5. The van der Waals surface area contributed by atoms with E-state index in [1.807, 2.05) is 0 Å². The van der Waals surface area contributed by atoms with E-state index < -0.39 is 5.97 Å². The molecule has 2 rings (SSSR count). The van der Waals surface area contributed by atoms with Crippen molar-refractivity contribution < 1.29 is 9.90 Å². The molecular formula is C9H15NO2. The van der Waals surface area contributed by atoms with Crippen LogP contribution in [0.2, 0.25) is 0 Å². The van der Waals surface area contributed by atoms with Gasteiger partial charge in [-0.15, -0.1) is 0 Å². The van der Waals surface area contributed by atoms with Gasteiger partial charge in [0.2, 0.25) is 0 Å². The average molecular weight is 169 g/mol. The fourth-order valence-corrected chi connectivity index (χ4v) is 1.50. The standard InChI is InChI=1S/C9H15NO2/c11-9(12)8(7-3-4-7)10-5-6-1-2-6/h6-8,10H,1-5H2,(H,11,12). The number of carboxylic acids is 1. The molecule has 68 valence electrons. The highest BCUT2D eigenvalue weighted by atomic mass is 16.4. The smallest absolute Gasteiger partial charge is 0.320 e. The molecule has 12 heavy (non-hydrogen) atoms. The third-order valence-corrected chi connectivity index (χ3v) is 2.68. The first-order chi connectivity index (χ1) is 5.77. The van der Waals surface area contributed by atoms with Gasteiger partial charge in [-0.25, -0.2) is 0 Å². The maximum Gasteiger partial charge on any atom is 0.320 e. The quantitative estimate of drug-likeness (QED) is 0.641. The van der Waals surface area contributed by atoms with Gasteiger partial charge in [-0.2, -0.15) is 0 Å². The second-order valence-electron chi connectivity index (χ2n) is 4.00. The van der Waals surface area contributed by atoms with Gasteiger partial charge < -0.3 is 10.4 Å². The maximum absolute atomic E-state index is 10.8. The van der Waals surface area contributed by atoms with E-state index in [1.54, 1.807) is 0 Å². The first-order valence-electron chi connectivity index (χ1n) is 4.73. The summed E-state index contributed by atoms with van der Waals surface area (Å²) in [6, 6.07) is -0.259. The summed E-state index contributed by atoms with van der Waals surface area (Å²) in [5.74, 6) is 0.519. The molecule has 2 aliphatic rings. The monoisotopic (exact) mass is 169 g/mol. The Morgan fingerprint density at radius 3 is 2.50 bits per heavy atom. The van der Waals surface area contributed by atoms with E-state index in [-0.39, 0.29) is 6.04 Å². The van der Waals surface area contributed by atoms with Crippen molar-refractivity contribution in [2.45, 2.75) is 31.7 Å². The molecule has 2 saturated carbocycles. The zero-order valence-electron chi connectivity index (χ0n) is 7.12. The van der Waals surface area contributed by atoms with Crippen molar-refractivity contribution in [3.63, 3.8) is 0 Å². The molecule has 0 radical (unpaired) electrons. The van der Waals surface area contributed by atoms with Crippen LogP contribution in [-0.2, 0) is 4.79 Å². The Hall–Kier alpha value is -0.570. The van der Waals surface area contributed by atoms with Crippen LogP contribution in [0.5, 0.6) is 0 Å². The lowest BCUT2D eigenvalue weighted by atomic mass is 10.2. The Bertz CT molecular complexity index is 185. The minimum absolute atomic E-state index is 0.259. The molecule has 0 saturated heterocycles. The molecule has 2 aliphatic carbocycles. The van der Waals surface area contributed by atoms with E-state index >= 15 is 0 Å². The molecule has 3 heteroatoms. The van der Waals surface area contributed by atoms with Crippen molar-refractivity contribution in [1.29, 1.82) is 0 Å². The Kier molecular flexibility index (Phi) is 2.05. The second kappa shape index (κ2) is 3.05. The molecule has 0 aromatic carbocycles. The van der Waals surface area contributed by atoms with Crippen LogP contribution in [0.3, 0.4) is 0 Å². The van der Waals surface area contributed by atoms with Crippen LogP contribution in [0.15, 0.2) is 0 Å². The van der Waals surface area contributed by atoms with Crippen LogP contribution in [0.4, 0.5) is 0 Å². The summed E-state index contributed by atoms with van der Waals surface area (Å²) in [7, 11) is 0. The summed E-state index contributed by atoms with van der Waals surface area (Å²) in [6.45, 7) is 0.910. The van der Waals surface area contributed by atoms with E-state index in [4.69, 9.17) is 5.11 Å². The molecule has 0 amide bonds. The third-order valence-electron chi connectivity index (χ3n) is 2.68. The minimum atomic E-state index is -0.668. The second-order valence-corrected chi connectivity index (χ2v) is 4.00. The molecule has 0 heterocycles. The number of carboxylic acid groups (broad SMARTS) is 1. The molecule has 0 aromatic rings. The number of aliphatic carboxylic acids is 1. The highest BCUT2D eigenvalue weighted by molar-refractivity contribution is 5.74. The van der Waals surface area contributed by atoms with E-state index in [1.165, 1.54) is 12.8 Å². The zero-order chi connectivity index (χ0) is 8.55. The van der Waals surface area contributed by atoms with Crippen molar-refractivity contribution in [3.8, 4) is 0 Å². The molecular weight excluding hydrogens is 154 g/mol. The Labute approximate surface area is 72.2 Å². The largest absolute Gasteiger partial charge is 0.480 e. The van der Waals surface area contributed by atoms with Gasteiger partial charge in [0.05, 0.1) is 0 Å². The number of nitrogens with one attached hydrogen (secondary N) is 1. The molecule has 1 unspecified atom stereocenters. The fraction of sp³-hybridized carbons (Fsp3) is 0.889. The van der Waals surface area contributed by atoms with E-state index in [0.717, 1.165) is 25.3 Å². The lowest BCUT2D eigenvalue weighted by Gasteiger charge is -2.12. The van der Waals surface area contributed by atoms with E-state index in [9.17, 15) is 4.79 Å². The van der Waals surface area contributed by atoms with Gasteiger partial charge in [0.15, 0.2) is 0 Å². The molecule has 0 aromatic heterocycles.